The van der Waals surface area contributed by atoms with Crippen LogP contribution in [0.15, 0.2) is 18.2 Å². The summed E-state index contributed by atoms with van der Waals surface area (Å²) in [6.07, 6.45) is -4.61. The average molecular weight is 275 g/mol. The number of benzene rings is 1. The van der Waals surface area contributed by atoms with Gasteiger partial charge in [0.05, 0.1) is 11.3 Å². The SMILES string of the molecule is NS(=O)(=O)Nc1cc(Cl)cc(C(F)(F)F)c1. The van der Waals surface area contributed by atoms with Gasteiger partial charge in [-0.2, -0.15) is 21.6 Å². The molecule has 0 radical (unpaired) electrons. The topological polar surface area (TPSA) is 72.2 Å². The molecule has 0 spiro atoms. The Kier molecular flexibility index (Phi) is 3.36. The normalized spacial score (nSPS) is 12.6. The molecule has 0 aliphatic carbocycles. The fourth-order valence-corrected chi connectivity index (χ4v) is 1.66. The molecule has 90 valence electrons. The van der Waals surface area contributed by atoms with E-state index in [1.807, 2.05) is 0 Å². The zero-order chi connectivity index (χ0) is 12.6. The Morgan fingerprint density at radius 3 is 2.25 bits per heavy atom. The van der Waals surface area contributed by atoms with Crippen LogP contribution in [0.25, 0.3) is 0 Å². The zero-order valence-corrected chi connectivity index (χ0v) is 9.12. The monoisotopic (exact) mass is 274 g/mol. The summed E-state index contributed by atoms with van der Waals surface area (Å²) in [6.45, 7) is 0. The largest absolute Gasteiger partial charge is 0.416 e. The number of rotatable bonds is 2. The van der Waals surface area contributed by atoms with Crippen molar-refractivity contribution < 1.29 is 21.6 Å². The van der Waals surface area contributed by atoms with Gasteiger partial charge in [-0.3, -0.25) is 4.72 Å². The molecule has 3 N–H and O–H groups in total. The van der Waals surface area contributed by atoms with Crippen LogP contribution >= 0.6 is 11.6 Å². The number of alkyl halides is 3. The molecule has 0 heterocycles. The van der Waals surface area contributed by atoms with Crippen LogP contribution in [0.3, 0.4) is 0 Å². The standard InChI is InChI=1S/C7H6ClF3N2O2S/c8-5-1-4(7(9,10)11)2-6(3-5)13-16(12,14)15/h1-3,13H,(H2,12,14,15). The maximum Gasteiger partial charge on any atom is 0.416 e. The van der Waals surface area contributed by atoms with E-state index in [4.69, 9.17) is 11.6 Å². The van der Waals surface area contributed by atoms with Crippen molar-refractivity contribution in [1.82, 2.24) is 0 Å². The molecule has 0 amide bonds. The van der Waals surface area contributed by atoms with Crippen LogP contribution in [0.4, 0.5) is 18.9 Å². The quantitative estimate of drug-likeness (QED) is 0.865. The van der Waals surface area contributed by atoms with Crippen molar-refractivity contribution in [2.45, 2.75) is 6.18 Å². The molecule has 0 bridgehead atoms. The van der Waals surface area contributed by atoms with Gasteiger partial charge in [0, 0.05) is 5.02 Å². The Hall–Kier alpha value is -0.990. The third-order valence-electron chi connectivity index (χ3n) is 1.49. The van der Waals surface area contributed by atoms with E-state index in [9.17, 15) is 21.6 Å². The highest BCUT2D eigenvalue weighted by Gasteiger charge is 2.31. The first kappa shape index (κ1) is 13.1. The fraction of sp³-hybridized carbons (Fsp3) is 0.143. The number of halogens is 4. The lowest BCUT2D eigenvalue weighted by molar-refractivity contribution is -0.137. The first-order valence-electron chi connectivity index (χ1n) is 3.76. The second-order valence-corrected chi connectivity index (χ2v) is 4.60. The van der Waals surface area contributed by atoms with E-state index in [0.29, 0.717) is 12.1 Å². The van der Waals surface area contributed by atoms with E-state index >= 15 is 0 Å². The molecule has 1 aromatic carbocycles. The molecule has 0 atom stereocenters. The van der Waals surface area contributed by atoms with Crippen molar-refractivity contribution >= 4 is 27.5 Å². The van der Waals surface area contributed by atoms with Gasteiger partial charge in [0.1, 0.15) is 0 Å². The molecule has 0 saturated carbocycles. The van der Waals surface area contributed by atoms with Crippen molar-refractivity contribution in [2.75, 3.05) is 4.72 Å². The highest BCUT2D eigenvalue weighted by atomic mass is 35.5. The molecule has 0 fully saturated rings. The highest BCUT2D eigenvalue weighted by Crippen LogP contribution is 2.33. The third-order valence-corrected chi connectivity index (χ3v) is 2.22. The minimum Gasteiger partial charge on any atom is -0.271 e. The molecule has 0 saturated heterocycles. The van der Waals surface area contributed by atoms with Crippen molar-refractivity contribution in [1.29, 1.82) is 0 Å². The van der Waals surface area contributed by atoms with Crippen LogP contribution in [0.2, 0.25) is 5.02 Å². The summed E-state index contributed by atoms with van der Waals surface area (Å²) >= 11 is 5.41. The Labute approximate surface area is 94.4 Å². The highest BCUT2D eigenvalue weighted by molar-refractivity contribution is 7.90. The zero-order valence-electron chi connectivity index (χ0n) is 7.55. The molecular weight excluding hydrogens is 269 g/mol. The summed E-state index contributed by atoms with van der Waals surface area (Å²) in [5, 5.41) is 4.36. The van der Waals surface area contributed by atoms with Crippen LogP contribution in [-0.4, -0.2) is 8.42 Å². The predicted molar refractivity (Wildman–Crippen MR) is 53.2 cm³/mol. The molecule has 1 aromatic rings. The lowest BCUT2D eigenvalue weighted by Gasteiger charge is -2.10. The van der Waals surface area contributed by atoms with E-state index in [1.54, 1.807) is 4.72 Å². The summed E-state index contributed by atoms with van der Waals surface area (Å²) in [5.41, 5.74) is -1.41. The molecular formula is C7H6ClF3N2O2S. The summed E-state index contributed by atoms with van der Waals surface area (Å²) < 4.78 is 59.9. The molecule has 0 aliphatic heterocycles. The first-order chi connectivity index (χ1) is 7.08. The lowest BCUT2D eigenvalue weighted by atomic mass is 10.2. The minimum absolute atomic E-state index is 0.249. The molecule has 0 aromatic heterocycles. The summed E-state index contributed by atoms with van der Waals surface area (Å²) in [5.74, 6) is 0. The summed E-state index contributed by atoms with van der Waals surface area (Å²) in [6, 6.07) is 2.29. The van der Waals surface area contributed by atoms with E-state index in [1.165, 1.54) is 0 Å². The number of anilines is 1. The summed E-state index contributed by atoms with van der Waals surface area (Å²) in [7, 11) is -4.13. The molecule has 9 heteroatoms. The van der Waals surface area contributed by atoms with Gasteiger partial charge >= 0.3 is 6.18 Å². The van der Waals surface area contributed by atoms with Crippen molar-refractivity contribution in [3.05, 3.63) is 28.8 Å². The molecule has 1 rings (SSSR count). The van der Waals surface area contributed by atoms with E-state index in [0.717, 1.165) is 6.07 Å². The molecule has 16 heavy (non-hydrogen) atoms. The first-order valence-corrected chi connectivity index (χ1v) is 5.69. The van der Waals surface area contributed by atoms with Crippen molar-refractivity contribution in [3.63, 3.8) is 0 Å². The minimum atomic E-state index is -4.61. The summed E-state index contributed by atoms with van der Waals surface area (Å²) in [4.78, 5) is 0. The molecule has 0 aliphatic rings. The lowest BCUT2D eigenvalue weighted by Crippen LogP contribution is -2.22. The van der Waals surface area contributed by atoms with E-state index in [2.05, 4.69) is 5.14 Å². The maximum absolute atomic E-state index is 12.3. The van der Waals surface area contributed by atoms with Crippen LogP contribution in [0.1, 0.15) is 5.56 Å². The number of hydrogen-bond acceptors (Lipinski definition) is 2. The number of nitrogens with two attached hydrogens (primary N) is 1. The maximum atomic E-state index is 12.3. The van der Waals surface area contributed by atoms with Crippen LogP contribution < -0.4 is 9.86 Å². The van der Waals surface area contributed by atoms with Crippen LogP contribution in [-0.2, 0) is 16.4 Å². The van der Waals surface area contributed by atoms with Crippen molar-refractivity contribution in [3.8, 4) is 0 Å². The van der Waals surface area contributed by atoms with Crippen LogP contribution in [0, 0.1) is 0 Å². The Bertz CT molecular complexity index is 501. The van der Waals surface area contributed by atoms with Gasteiger partial charge in [-0.15, -0.1) is 0 Å². The van der Waals surface area contributed by atoms with E-state index < -0.39 is 21.9 Å². The second kappa shape index (κ2) is 4.11. The number of nitrogens with one attached hydrogen (secondary N) is 1. The smallest absolute Gasteiger partial charge is 0.271 e. The predicted octanol–water partition coefficient (Wildman–Crippen LogP) is 1.97. The average Bonchev–Trinajstić information content (AvgIpc) is 1.97. The van der Waals surface area contributed by atoms with Gasteiger partial charge in [-0.1, -0.05) is 11.6 Å². The van der Waals surface area contributed by atoms with Gasteiger partial charge in [0.15, 0.2) is 0 Å². The third kappa shape index (κ3) is 3.87. The van der Waals surface area contributed by atoms with Crippen molar-refractivity contribution in [2.24, 2.45) is 5.14 Å². The fourth-order valence-electron chi connectivity index (χ4n) is 0.976. The van der Waals surface area contributed by atoms with Gasteiger partial charge in [0.2, 0.25) is 0 Å². The number of hydrogen-bond donors (Lipinski definition) is 2. The van der Waals surface area contributed by atoms with Crippen LogP contribution in [0.5, 0.6) is 0 Å². The van der Waals surface area contributed by atoms with Gasteiger partial charge in [0.25, 0.3) is 10.2 Å². The Balaban J connectivity index is 3.19. The molecule has 4 nitrogen and oxygen atoms in total. The van der Waals surface area contributed by atoms with E-state index in [-0.39, 0.29) is 10.7 Å². The Morgan fingerprint density at radius 2 is 1.81 bits per heavy atom. The second-order valence-electron chi connectivity index (χ2n) is 2.87. The van der Waals surface area contributed by atoms with Gasteiger partial charge in [-0.25, -0.2) is 5.14 Å². The van der Waals surface area contributed by atoms with Gasteiger partial charge < -0.3 is 0 Å². The molecule has 0 unspecified atom stereocenters. The van der Waals surface area contributed by atoms with Gasteiger partial charge in [-0.05, 0) is 18.2 Å². The Morgan fingerprint density at radius 1 is 1.25 bits per heavy atom.